The Bertz CT molecular complexity index is 580. The van der Waals surface area contributed by atoms with Gasteiger partial charge in [0.15, 0.2) is 0 Å². The largest absolute Gasteiger partial charge is 0.361 e. The smallest absolute Gasteiger partial charge is 0.250 e. The number of hydrogen-bond donors (Lipinski definition) is 1. The zero-order chi connectivity index (χ0) is 12.5. The molecule has 0 saturated heterocycles. The van der Waals surface area contributed by atoms with Crippen LogP contribution in [0.3, 0.4) is 0 Å². The van der Waals surface area contributed by atoms with Crippen LogP contribution in [0.5, 0.6) is 0 Å². The zero-order valence-corrected chi connectivity index (χ0v) is 11.1. The van der Waals surface area contributed by atoms with Gasteiger partial charge in [-0.3, -0.25) is 0 Å². The van der Waals surface area contributed by atoms with Crippen molar-refractivity contribution in [2.75, 3.05) is 0 Å². The molecule has 2 aromatic heterocycles. The fourth-order valence-corrected chi connectivity index (χ4v) is 3.44. The molecule has 7 heteroatoms. The van der Waals surface area contributed by atoms with Gasteiger partial charge >= 0.3 is 0 Å². The normalized spacial score (nSPS) is 11.9. The van der Waals surface area contributed by atoms with Gasteiger partial charge in [-0.1, -0.05) is 11.2 Å². The molecule has 5 nitrogen and oxygen atoms in total. The van der Waals surface area contributed by atoms with Gasteiger partial charge in [-0.25, -0.2) is 13.1 Å². The van der Waals surface area contributed by atoms with Crippen LogP contribution in [0, 0.1) is 13.8 Å². The highest BCUT2D eigenvalue weighted by Crippen LogP contribution is 2.17. The molecule has 0 aliphatic rings. The van der Waals surface area contributed by atoms with E-state index in [0.29, 0.717) is 15.7 Å². The molecule has 2 rings (SSSR count). The summed E-state index contributed by atoms with van der Waals surface area (Å²) >= 11 is 1.19. The molecule has 0 radical (unpaired) electrons. The number of sulfonamides is 1. The van der Waals surface area contributed by atoms with Crippen LogP contribution < -0.4 is 4.72 Å². The summed E-state index contributed by atoms with van der Waals surface area (Å²) in [6.45, 7) is 3.74. The van der Waals surface area contributed by atoms with Crippen molar-refractivity contribution in [1.29, 1.82) is 0 Å². The van der Waals surface area contributed by atoms with Gasteiger partial charge < -0.3 is 4.52 Å². The Morgan fingerprint density at radius 1 is 1.47 bits per heavy atom. The lowest BCUT2D eigenvalue weighted by Gasteiger charge is -2.03. The summed E-state index contributed by atoms with van der Waals surface area (Å²) in [7, 11) is -3.43. The molecule has 0 fully saturated rings. The van der Waals surface area contributed by atoms with E-state index >= 15 is 0 Å². The molecule has 17 heavy (non-hydrogen) atoms. The Kier molecular flexibility index (Phi) is 3.32. The maximum Gasteiger partial charge on any atom is 0.250 e. The van der Waals surface area contributed by atoms with Crippen LogP contribution in [0.25, 0.3) is 0 Å². The minimum Gasteiger partial charge on any atom is -0.361 e. The molecule has 0 aliphatic carbocycles. The second-order valence-corrected chi connectivity index (χ2v) is 6.50. The third kappa shape index (κ3) is 2.56. The van der Waals surface area contributed by atoms with E-state index in [0.717, 1.165) is 5.56 Å². The summed E-state index contributed by atoms with van der Waals surface area (Å²) in [5.41, 5.74) is 1.49. The van der Waals surface area contributed by atoms with E-state index in [-0.39, 0.29) is 6.54 Å². The second-order valence-electron chi connectivity index (χ2n) is 3.56. The number of nitrogens with one attached hydrogen (secondary N) is 1. The Balaban J connectivity index is 2.14. The Labute approximate surface area is 103 Å². The van der Waals surface area contributed by atoms with Crippen LogP contribution in [-0.2, 0) is 16.6 Å². The molecule has 2 heterocycles. The van der Waals surface area contributed by atoms with Crippen molar-refractivity contribution in [1.82, 2.24) is 9.88 Å². The maximum atomic E-state index is 11.9. The van der Waals surface area contributed by atoms with Gasteiger partial charge in [0.05, 0.1) is 5.69 Å². The van der Waals surface area contributed by atoms with Gasteiger partial charge in [0, 0.05) is 12.1 Å². The molecule has 0 aromatic carbocycles. The van der Waals surface area contributed by atoms with Gasteiger partial charge in [-0.15, -0.1) is 11.3 Å². The summed E-state index contributed by atoms with van der Waals surface area (Å²) in [5, 5.41) is 5.50. The lowest BCUT2D eigenvalue weighted by atomic mass is 10.2. The van der Waals surface area contributed by atoms with Crippen LogP contribution >= 0.6 is 11.3 Å². The van der Waals surface area contributed by atoms with Gasteiger partial charge in [-0.05, 0) is 25.3 Å². The van der Waals surface area contributed by atoms with E-state index in [1.807, 2.05) is 0 Å². The second kappa shape index (κ2) is 4.59. The molecular weight excluding hydrogens is 260 g/mol. The highest BCUT2D eigenvalue weighted by atomic mass is 32.2. The summed E-state index contributed by atoms with van der Waals surface area (Å²) < 4.78 is 31.5. The Hall–Kier alpha value is -1.18. The molecule has 0 atom stereocenters. The lowest BCUT2D eigenvalue weighted by Crippen LogP contribution is -2.22. The fraction of sp³-hybridized carbons (Fsp3) is 0.300. The maximum absolute atomic E-state index is 11.9. The number of thiophene rings is 1. The molecule has 0 bridgehead atoms. The van der Waals surface area contributed by atoms with E-state index in [1.54, 1.807) is 31.4 Å². The van der Waals surface area contributed by atoms with Crippen LogP contribution in [0.1, 0.15) is 17.0 Å². The topological polar surface area (TPSA) is 72.2 Å². The molecule has 0 aliphatic heterocycles. The van der Waals surface area contributed by atoms with E-state index in [2.05, 4.69) is 9.88 Å². The minimum absolute atomic E-state index is 0.196. The first-order valence-electron chi connectivity index (χ1n) is 4.95. The first-order valence-corrected chi connectivity index (χ1v) is 7.32. The van der Waals surface area contributed by atoms with Crippen LogP contribution in [0.2, 0.25) is 0 Å². The average Bonchev–Trinajstić information content (AvgIpc) is 2.88. The molecular formula is C10H12N2O3S2. The van der Waals surface area contributed by atoms with Crippen molar-refractivity contribution < 1.29 is 12.9 Å². The molecule has 92 valence electrons. The predicted molar refractivity (Wildman–Crippen MR) is 64.3 cm³/mol. The molecule has 0 unspecified atom stereocenters. The molecule has 0 spiro atoms. The minimum atomic E-state index is -3.43. The van der Waals surface area contributed by atoms with Gasteiger partial charge in [0.2, 0.25) is 10.0 Å². The number of aromatic nitrogens is 1. The van der Waals surface area contributed by atoms with Crippen molar-refractivity contribution in [3.8, 4) is 0 Å². The fourth-order valence-electron chi connectivity index (χ4n) is 1.41. The monoisotopic (exact) mass is 272 g/mol. The van der Waals surface area contributed by atoms with Crippen molar-refractivity contribution in [2.45, 2.75) is 24.6 Å². The highest BCUT2D eigenvalue weighted by molar-refractivity contribution is 7.91. The van der Waals surface area contributed by atoms with Gasteiger partial charge in [-0.2, -0.15) is 0 Å². The molecule has 0 saturated carbocycles. The van der Waals surface area contributed by atoms with Crippen LogP contribution in [-0.4, -0.2) is 13.6 Å². The van der Waals surface area contributed by atoms with Crippen molar-refractivity contribution >= 4 is 21.4 Å². The Morgan fingerprint density at radius 2 is 2.24 bits per heavy atom. The summed E-state index contributed by atoms with van der Waals surface area (Å²) in [6, 6.07) is 3.27. The number of aryl methyl sites for hydroxylation is 2. The zero-order valence-electron chi connectivity index (χ0n) is 9.43. The molecule has 0 amide bonds. The van der Waals surface area contributed by atoms with Crippen molar-refractivity contribution in [3.63, 3.8) is 0 Å². The molecule has 2 aromatic rings. The standard InChI is InChI=1S/C10H12N2O3S2/c1-7-9(8(2)15-12-7)6-11-17(13,14)10-4-3-5-16-10/h3-5,11H,6H2,1-2H3. The lowest BCUT2D eigenvalue weighted by molar-refractivity contribution is 0.392. The number of nitrogens with zero attached hydrogens (tertiary/aromatic N) is 1. The highest BCUT2D eigenvalue weighted by Gasteiger charge is 2.17. The van der Waals surface area contributed by atoms with E-state index in [1.165, 1.54) is 11.3 Å². The SMILES string of the molecule is Cc1noc(C)c1CNS(=O)(=O)c1cccs1. The third-order valence-electron chi connectivity index (χ3n) is 2.38. The van der Waals surface area contributed by atoms with E-state index < -0.39 is 10.0 Å². The van der Waals surface area contributed by atoms with Crippen molar-refractivity contribution in [3.05, 3.63) is 34.5 Å². The van der Waals surface area contributed by atoms with Gasteiger partial charge in [0.1, 0.15) is 9.97 Å². The third-order valence-corrected chi connectivity index (χ3v) is 5.18. The summed E-state index contributed by atoms with van der Waals surface area (Å²) in [4.78, 5) is 0. The first-order chi connectivity index (χ1) is 8.00. The molecule has 1 N–H and O–H groups in total. The quantitative estimate of drug-likeness (QED) is 0.921. The predicted octanol–water partition coefficient (Wildman–Crippen LogP) is 1.83. The van der Waals surface area contributed by atoms with E-state index in [9.17, 15) is 8.42 Å². The summed E-state index contributed by atoms with van der Waals surface area (Å²) in [6.07, 6.45) is 0. The van der Waals surface area contributed by atoms with Gasteiger partial charge in [0.25, 0.3) is 0 Å². The van der Waals surface area contributed by atoms with Crippen LogP contribution in [0.15, 0.2) is 26.2 Å². The number of hydrogen-bond acceptors (Lipinski definition) is 5. The Morgan fingerprint density at radius 3 is 2.76 bits per heavy atom. The number of rotatable bonds is 4. The van der Waals surface area contributed by atoms with Crippen LogP contribution in [0.4, 0.5) is 0 Å². The van der Waals surface area contributed by atoms with E-state index in [4.69, 9.17) is 4.52 Å². The van der Waals surface area contributed by atoms with Crippen molar-refractivity contribution in [2.24, 2.45) is 0 Å². The average molecular weight is 272 g/mol. The summed E-state index contributed by atoms with van der Waals surface area (Å²) in [5.74, 6) is 0.636. The first kappa shape index (κ1) is 12.3.